The molecule has 19 heavy (non-hydrogen) atoms. The standard InChI is InChI=1S/C12H17N5OS/c1-2-14-12(18)11-9(13)8-10(19-11)15-5-7-17-6-3-4-16-17/h3-4,6,8,15H,2,5,7,13H2,1H3,(H,14,18). The molecule has 0 fully saturated rings. The van der Waals surface area contributed by atoms with Gasteiger partial charge in [-0.05, 0) is 19.1 Å². The zero-order chi connectivity index (χ0) is 13.7. The Morgan fingerprint density at radius 3 is 3.11 bits per heavy atom. The van der Waals surface area contributed by atoms with Crippen molar-refractivity contribution < 1.29 is 4.79 Å². The number of hydrogen-bond donors (Lipinski definition) is 3. The Morgan fingerprint density at radius 2 is 2.42 bits per heavy atom. The molecule has 0 aliphatic rings. The van der Waals surface area contributed by atoms with Gasteiger partial charge in [-0.3, -0.25) is 9.48 Å². The van der Waals surface area contributed by atoms with Crippen molar-refractivity contribution in [3.05, 3.63) is 29.4 Å². The van der Waals surface area contributed by atoms with Crippen LogP contribution in [0.3, 0.4) is 0 Å². The molecule has 0 aliphatic heterocycles. The Hall–Kier alpha value is -2.02. The molecule has 2 heterocycles. The van der Waals surface area contributed by atoms with E-state index in [1.165, 1.54) is 11.3 Å². The molecule has 0 aromatic carbocycles. The van der Waals surface area contributed by atoms with Gasteiger partial charge in [-0.15, -0.1) is 11.3 Å². The smallest absolute Gasteiger partial charge is 0.263 e. The lowest BCUT2D eigenvalue weighted by Crippen LogP contribution is -2.22. The number of hydrogen-bond acceptors (Lipinski definition) is 5. The van der Waals surface area contributed by atoms with Gasteiger partial charge >= 0.3 is 0 Å². The third-order valence-corrected chi connectivity index (χ3v) is 3.61. The summed E-state index contributed by atoms with van der Waals surface area (Å²) >= 11 is 1.37. The van der Waals surface area contributed by atoms with Crippen molar-refractivity contribution in [2.75, 3.05) is 24.1 Å². The van der Waals surface area contributed by atoms with Crippen molar-refractivity contribution in [3.63, 3.8) is 0 Å². The lowest BCUT2D eigenvalue weighted by atomic mass is 10.3. The fourth-order valence-corrected chi connectivity index (χ4v) is 2.56. The summed E-state index contributed by atoms with van der Waals surface area (Å²) in [5.41, 5.74) is 6.34. The van der Waals surface area contributed by atoms with Crippen LogP contribution in [0.1, 0.15) is 16.6 Å². The van der Waals surface area contributed by atoms with Crippen LogP contribution in [0.25, 0.3) is 0 Å². The van der Waals surface area contributed by atoms with Gasteiger partial charge in [0.15, 0.2) is 0 Å². The van der Waals surface area contributed by atoms with Crippen LogP contribution in [-0.4, -0.2) is 28.8 Å². The molecule has 0 unspecified atom stereocenters. The molecule has 7 heteroatoms. The number of rotatable bonds is 6. The number of nitrogens with two attached hydrogens (primary N) is 1. The van der Waals surface area contributed by atoms with Crippen molar-refractivity contribution in [2.45, 2.75) is 13.5 Å². The first-order valence-electron chi connectivity index (χ1n) is 6.09. The lowest BCUT2D eigenvalue weighted by Gasteiger charge is -2.03. The van der Waals surface area contributed by atoms with Gasteiger partial charge in [-0.1, -0.05) is 0 Å². The van der Waals surface area contributed by atoms with Gasteiger partial charge in [0.2, 0.25) is 0 Å². The molecular weight excluding hydrogens is 262 g/mol. The van der Waals surface area contributed by atoms with E-state index in [1.807, 2.05) is 23.9 Å². The normalized spacial score (nSPS) is 10.4. The Bertz CT molecular complexity index is 534. The van der Waals surface area contributed by atoms with Crippen molar-refractivity contribution >= 4 is 27.9 Å². The Balaban J connectivity index is 1.90. The van der Waals surface area contributed by atoms with E-state index < -0.39 is 0 Å². The molecule has 2 rings (SSSR count). The minimum atomic E-state index is -0.120. The zero-order valence-corrected chi connectivity index (χ0v) is 11.5. The average Bonchev–Trinajstić information content (AvgIpc) is 2.99. The first-order chi connectivity index (χ1) is 9.20. The molecule has 0 spiro atoms. The lowest BCUT2D eigenvalue weighted by molar-refractivity contribution is 0.0960. The Kier molecular flexibility index (Phi) is 4.40. The van der Waals surface area contributed by atoms with E-state index in [1.54, 1.807) is 12.3 Å². The Labute approximate surface area is 115 Å². The van der Waals surface area contributed by atoms with E-state index in [0.717, 1.165) is 18.1 Å². The van der Waals surface area contributed by atoms with E-state index in [-0.39, 0.29) is 5.91 Å². The fourth-order valence-electron chi connectivity index (χ4n) is 1.64. The van der Waals surface area contributed by atoms with Gasteiger partial charge in [0.1, 0.15) is 4.88 Å². The molecule has 0 radical (unpaired) electrons. The molecule has 102 valence electrons. The van der Waals surface area contributed by atoms with E-state index >= 15 is 0 Å². The molecule has 1 amide bonds. The molecule has 0 atom stereocenters. The van der Waals surface area contributed by atoms with E-state index in [4.69, 9.17) is 5.73 Å². The van der Waals surface area contributed by atoms with Gasteiger partial charge in [0.25, 0.3) is 5.91 Å². The molecule has 0 saturated carbocycles. The van der Waals surface area contributed by atoms with E-state index in [0.29, 0.717) is 17.1 Å². The van der Waals surface area contributed by atoms with Gasteiger partial charge in [-0.25, -0.2) is 0 Å². The van der Waals surface area contributed by atoms with Crippen LogP contribution in [0.15, 0.2) is 24.5 Å². The zero-order valence-electron chi connectivity index (χ0n) is 10.7. The first-order valence-corrected chi connectivity index (χ1v) is 6.91. The van der Waals surface area contributed by atoms with Crippen LogP contribution >= 0.6 is 11.3 Å². The third-order valence-electron chi connectivity index (χ3n) is 2.50. The van der Waals surface area contributed by atoms with Gasteiger partial charge < -0.3 is 16.4 Å². The molecule has 2 aromatic heterocycles. The van der Waals surface area contributed by atoms with Gasteiger partial charge in [0.05, 0.1) is 17.2 Å². The molecule has 0 saturated heterocycles. The second kappa shape index (κ2) is 6.24. The Morgan fingerprint density at radius 1 is 1.58 bits per heavy atom. The summed E-state index contributed by atoms with van der Waals surface area (Å²) in [7, 11) is 0. The van der Waals surface area contributed by atoms with Crippen LogP contribution in [0.4, 0.5) is 10.7 Å². The number of nitrogens with one attached hydrogen (secondary N) is 2. The third kappa shape index (κ3) is 3.47. The molecule has 0 aliphatic carbocycles. The largest absolute Gasteiger partial charge is 0.397 e. The van der Waals surface area contributed by atoms with Gasteiger partial charge in [-0.2, -0.15) is 5.10 Å². The van der Waals surface area contributed by atoms with E-state index in [2.05, 4.69) is 15.7 Å². The van der Waals surface area contributed by atoms with Crippen molar-refractivity contribution in [2.24, 2.45) is 0 Å². The number of carbonyl (C=O) groups is 1. The number of amides is 1. The number of aromatic nitrogens is 2. The number of thiophene rings is 1. The summed E-state index contributed by atoms with van der Waals surface area (Å²) in [5.74, 6) is -0.120. The molecule has 6 nitrogen and oxygen atoms in total. The monoisotopic (exact) mass is 279 g/mol. The number of anilines is 2. The fraction of sp³-hybridized carbons (Fsp3) is 0.333. The summed E-state index contributed by atoms with van der Waals surface area (Å²) in [6.07, 6.45) is 3.65. The van der Waals surface area contributed by atoms with Crippen LogP contribution in [-0.2, 0) is 6.54 Å². The minimum absolute atomic E-state index is 0.120. The maximum atomic E-state index is 11.7. The number of nitrogen functional groups attached to an aromatic ring is 1. The van der Waals surface area contributed by atoms with Crippen LogP contribution < -0.4 is 16.4 Å². The SMILES string of the molecule is CCNC(=O)c1sc(NCCn2cccn2)cc1N. The van der Waals surface area contributed by atoms with Crippen LogP contribution in [0.5, 0.6) is 0 Å². The summed E-state index contributed by atoms with van der Waals surface area (Å²) in [6.45, 7) is 3.97. The highest BCUT2D eigenvalue weighted by molar-refractivity contribution is 7.18. The van der Waals surface area contributed by atoms with Crippen molar-refractivity contribution in [1.29, 1.82) is 0 Å². The molecule has 2 aromatic rings. The summed E-state index contributed by atoms with van der Waals surface area (Å²) in [5, 5.41) is 11.0. The topological polar surface area (TPSA) is 85.0 Å². The second-order valence-corrected chi connectivity index (χ2v) is 5.00. The molecular formula is C12H17N5OS. The predicted octanol–water partition coefficient (Wildman–Crippen LogP) is 1.39. The maximum absolute atomic E-state index is 11.7. The number of carbonyl (C=O) groups excluding carboxylic acids is 1. The highest BCUT2D eigenvalue weighted by atomic mass is 32.1. The molecule has 0 bridgehead atoms. The highest BCUT2D eigenvalue weighted by Crippen LogP contribution is 2.28. The van der Waals surface area contributed by atoms with Gasteiger partial charge in [0, 0.05) is 25.5 Å². The maximum Gasteiger partial charge on any atom is 0.263 e. The molecule has 4 N–H and O–H groups in total. The summed E-state index contributed by atoms with van der Waals surface area (Å²) < 4.78 is 1.84. The first kappa shape index (κ1) is 13.4. The van der Waals surface area contributed by atoms with Crippen molar-refractivity contribution in [3.8, 4) is 0 Å². The van der Waals surface area contributed by atoms with Crippen LogP contribution in [0, 0.1) is 0 Å². The van der Waals surface area contributed by atoms with E-state index in [9.17, 15) is 4.79 Å². The predicted molar refractivity (Wildman–Crippen MR) is 77.5 cm³/mol. The van der Waals surface area contributed by atoms with Crippen molar-refractivity contribution in [1.82, 2.24) is 15.1 Å². The average molecular weight is 279 g/mol. The highest BCUT2D eigenvalue weighted by Gasteiger charge is 2.13. The summed E-state index contributed by atoms with van der Waals surface area (Å²) in [6, 6.07) is 3.68. The quantitative estimate of drug-likeness (QED) is 0.746. The second-order valence-electron chi connectivity index (χ2n) is 3.95. The summed E-state index contributed by atoms with van der Waals surface area (Å²) in [4.78, 5) is 12.3. The minimum Gasteiger partial charge on any atom is -0.397 e. The number of nitrogens with zero attached hydrogens (tertiary/aromatic N) is 2. The van der Waals surface area contributed by atoms with Crippen LogP contribution in [0.2, 0.25) is 0 Å².